The lowest BCUT2D eigenvalue weighted by Crippen LogP contribution is -2.64. The molecule has 0 bridgehead atoms. The molecule has 0 unspecified atom stereocenters. The number of rotatable bonds is 17. The van der Waals surface area contributed by atoms with Crippen molar-refractivity contribution in [3.63, 3.8) is 0 Å². The van der Waals surface area contributed by atoms with Crippen LogP contribution >= 0.6 is 11.8 Å². The van der Waals surface area contributed by atoms with Crippen LogP contribution in [0.4, 0.5) is 0 Å². The van der Waals surface area contributed by atoms with E-state index < -0.39 is 11.4 Å². The maximum atomic E-state index is 11.6. The predicted molar refractivity (Wildman–Crippen MR) is 228 cm³/mol. The lowest BCUT2D eigenvalue weighted by atomic mass is 9.56. The molecule has 3 aliphatic rings. The zero-order valence-electron chi connectivity index (χ0n) is 33.3. The van der Waals surface area contributed by atoms with Gasteiger partial charge in [0, 0.05) is 41.6 Å². The first-order valence-electron chi connectivity index (χ1n) is 20.3. The highest BCUT2D eigenvalue weighted by atomic mass is 32.2. The summed E-state index contributed by atoms with van der Waals surface area (Å²) in [5.41, 5.74) is 3.03. The summed E-state index contributed by atoms with van der Waals surface area (Å²) in [5.74, 6) is 0.803. The quantitative estimate of drug-likeness (QED) is 0.0471. The van der Waals surface area contributed by atoms with E-state index in [2.05, 4.69) is 61.2 Å². The van der Waals surface area contributed by atoms with Crippen LogP contribution in [0, 0.1) is 17.8 Å². The van der Waals surface area contributed by atoms with Gasteiger partial charge in [0.1, 0.15) is 29.1 Å². The second-order valence-corrected chi connectivity index (χ2v) is 17.6. The average Bonchev–Trinajstić information content (AvgIpc) is 3.21. The van der Waals surface area contributed by atoms with E-state index in [4.69, 9.17) is 24.2 Å². The summed E-state index contributed by atoms with van der Waals surface area (Å²) in [7, 11) is 0. The van der Waals surface area contributed by atoms with Gasteiger partial charge in [-0.15, -0.1) is 18.3 Å². The second kappa shape index (κ2) is 18.0. The number of fused-ring (bicyclic) bond motifs is 3. The smallest absolute Gasteiger partial charge is 0.231 e. The van der Waals surface area contributed by atoms with E-state index in [0.29, 0.717) is 29.9 Å². The van der Waals surface area contributed by atoms with E-state index in [1.54, 1.807) is 30.0 Å². The van der Waals surface area contributed by atoms with Gasteiger partial charge in [-0.05, 0) is 117 Å². The molecular weight excluding hydrogens is 735 g/mol. The minimum absolute atomic E-state index is 0.0823. The van der Waals surface area contributed by atoms with Crippen molar-refractivity contribution in [2.75, 3.05) is 19.8 Å². The molecule has 2 aliphatic carbocycles. The largest absolute Gasteiger partial charge is 0.460 e. The summed E-state index contributed by atoms with van der Waals surface area (Å²) < 4.78 is 20.9. The van der Waals surface area contributed by atoms with Crippen molar-refractivity contribution in [3.8, 4) is 17.2 Å². The van der Waals surface area contributed by atoms with Crippen LogP contribution in [0.2, 0.25) is 0 Å². The van der Waals surface area contributed by atoms with Gasteiger partial charge in [0.25, 0.3) is 0 Å². The van der Waals surface area contributed by atoms with E-state index in [-0.39, 0.29) is 48.7 Å². The maximum absolute atomic E-state index is 11.6. The molecule has 0 spiro atoms. The fourth-order valence-corrected chi connectivity index (χ4v) is 10.2. The van der Waals surface area contributed by atoms with Crippen molar-refractivity contribution >= 4 is 34.5 Å². The fourth-order valence-electron chi connectivity index (χ4n) is 8.87. The number of thioether (sulfide) groups is 1. The molecule has 8 nitrogen and oxygen atoms in total. The molecule has 4 aromatic rings. The highest BCUT2D eigenvalue weighted by Crippen LogP contribution is 2.63. The summed E-state index contributed by atoms with van der Waals surface area (Å²) in [6, 6.07) is 28.1. The van der Waals surface area contributed by atoms with Gasteiger partial charge in [-0.1, -0.05) is 72.6 Å². The molecule has 0 aromatic heterocycles. The number of allylic oxidation sites excluding steroid dienone is 1. The average molecular weight is 790 g/mol. The molecule has 1 fully saturated rings. The summed E-state index contributed by atoms with van der Waals surface area (Å²) in [5, 5.41) is 26.9. The number of aliphatic hydroxyl groups excluding tert-OH is 2. The van der Waals surface area contributed by atoms with E-state index >= 15 is 0 Å². The molecule has 2 N–H and O–H groups in total. The number of ether oxygens (including phenoxy) is 3. The van der Waals surface area contributed by atoms with E-state index in [0.717, 1.165) is 71.3 Å². The number of hydrogen-bond donors (Lipinski definition) is 2. The summed E-state index contributed by atoms with van der Waals surface area (Å²) in [6.45, 7) is 10.7. The SMILES string of the molecule is C=CCO[C@@]12Oc3ccc(Oc4cccc(C=O)c4)cc3[C@H]3[C@H](CCCCO)[C@@H](CCCCO)C=C(C(=NOC(C)(C)C)C[C@@H]1Sc1ccc4ccccc4c1)[C@H]32. The van der Waals surface area contributed by atoms with Gasteiger partial charge in [0.05, 0.1) is 23.5 Å². The van der Waals surface area contributed by atoms with Gasteiger partial charge in [0.15, 0.2) is 0 Å². The Morgan fingerprint density at radius 1 is 0.912 bits per heavy atom. The normalized spacial score (nSPS) is 24.5. The number of aldehydes is 1. The first-order valence-corrected chi connectivity index (χ1v) is 21.2. The monoisotopic (exact) mass is 789 g/mol. The number of hydrogen-bond acceptors (Lipinski definition) is 9. The highest BCUT2D eigenvalue weighted by molar-refractivity contribution is 8.00. The lowest BCUT2D eigenvalue weighted by Gasteiger charge is -2.58. The summed E-state index contributed by atoms with van der Waals surface area (Å²) in [6.07, 6.45) is 10.5. The number of aliphatic hydroxyl groups is 2. The Kier molecular flexibility index (Phi) is 12.9. The highest BCUT2D eigenvalue weighted by Gasteiger charge is 2.64. The van der Waals surface area contributed by atoms with Crippen LogP contribution in [0.3, 0.4) is 0 Å². The van der Waals surface area contributed by atoms with Gasteiger partial charge in [0.2, 0.25) is 5.79 Å². The number of carbonyl (C=O) groups is 1. The van der Waals surface area contributed by atoms with Crippen molar-refractivity contribution < 1.29 is 34.1 Å². The fraction of sp³-hybridized carbons (Fsp3) is 0.417. The number of unbranched alkanes of at least 4 members (excludes halogenated alkanes) is 2. The molecule has 0 saturated heterocycles. The Balaban J connectivity index is 1.43. The molecule has 1 heterocycles. The second-order valence-electron chi connectivity index (χ2n) is 16.4. The topological polar surface area (TPSA) is 107 Å². The van der Waals surface area contributed by atoms with Gasteiger partial charge in [-0.2, -0.15) is 0 Å². The molecule has 0 amide bonds. The van der Waals surface area contributed by atoms with Crippen LogP contribution in [0.1, 0.15) is 87.6 Å². The minimum atomic E-state index is -1.11. The molecule has 300 valence electrons. The zero-order chi connectivity index (χ0) is 40.0. The Hall–Kier alpha value is -4.41. The molecule has 57 heavy (non-hydrogen) atoms. The Morgan fingerprint density at radius 2 is 1.68 bits per heavy atom. The third kappa shape index (κ3) is 9.02. The minimum Gasteiger partial charge on any atom is -0.460 e. The summed E-state index contributed by atoms with van der Waals surface area (Å²) in [4.78, 5) is 19.0. The number of carbonyl (C=O) groups excluding carboxylic acids is 1. The molecule has 6 atom stereocenters. The van der Waals surface area contributed by atoms with E-state index in [1.165, 1.54) is 5.39 Å². The van der Waals surface area contributed by atoms with Gasteiger partial charge < -0.3 is 29.3 Å². The Labute approximate surface area is 340 Å². The van der Waals surface area contributed by atoms with E-state index in [9.17, 15) is 15.0 Å². The predicted octanol–water partition coefficient (Wildman–Crippen LogP) is 10.7. The van der Waals surface area contributed by atoms with Crippen LogP contribution in [-0.2, 0) is 9.57 Å². The molecule has 1 aliphatic heterocycles. The van der Waals surface area contributed by atoms with Gasteiger partial charge >= 0.3 is 0 Å². The Morgan fingerprint density at radius 3 is 2.44 bits per heavy atom. The van der Waals surface area contributed by atoms with Crippen molar-refractivity contribution in [2.24, 2.45) is 22.9 Å². The number of oxime groups is 1. The van der Waals surface area contributed by atoms with Gasteiger partial charge in [-0.25, -0.2) is 0 Å². The number of nitrogens with zero attached hydrogens (tertiary/aromatic N) is 1. The van der Waals surface area contributed by atoms with Crippen molar-refractivity contribution in [1.29, 1.82) is 0 Å². The molecule has 7 rings (SSSR count). The van der Waals surface area contributed by atoms with Gasteiger partial charge in [-0.3, -0.25) is 4.79 Å². The Bertz CT molecular complexity index is 2110. The first-order chi connectivity index (χ1) is 27.7. The first kappa shape index (κ1) is 40.8. The molecule has 4 aromatic carbocycles. The van der Waals surface area contributed by atoms with Crippen LogP contribution in [0.25, 0.3) is 10.8 Å². The van der Waals surface area contributed by atoms with Crippen molar-refractivity contribution in [2.45, 2.75) is 93.2 Å². The molecule has 1 saturated carbocycles. The van der Waals surface area contributed by atoms with Crippen LogP contribution in [0.5, 0.6) is 17.2 Å². The zero-order valence-corrected chi connectivity index (χ0v) is 34.1. The van der Waals surface area contributed by atoms with Crippen molar-refractivity contribution in [1.82, 2.24) is 0 Å². The van der Waals surface area contributed by atoms with Crippen molar-refractivity contribution in [3.05, 3.63) is 120 Å². The molecule has 9 heteroatoms. The molecule has 0 radical (unpaired) electrons. The number of benzene rings is 4. The molecular formula is C48H55NO7S. The third-order valence-electron chi connectivity index (χ3n) is 11.3. The van der Waals surface area contributed by atoms with Crippen LogP contribution < -0.4 is 9.47 Å². The van der Waals surface area contributed by atoms with Crippen LogP contribution in [0.15, 0.2) is 119 Å². The lowest BCUT2D eigenvalue weighted by molar-refractivity contribution is -0.223. The van der Waals surface area contributed by atoms with Crippen LogP contribution in [-0.4, -0.2) is 58.7 Å². The summed E-state index contributed by atoms with van der Waals surface area (Å²) >= 11 is 1.75. The van der Waals surface area contributed by atoms with E-state index in [1.807, 2.05) is 45.0 Å². The maximum Gasteiger partial charge on any atom is 0.231 e. The third-order valence-corrected chi connectivity index (χ3v) is 12.6. The standard InChI is InChI=1S/C48H55NO7S/c1-5-25-53-48-44(57-38-21-19-33-14-6-7-15-34(33)27-38)30-42(49-56-47(2,3)4)40-28-35(16-8-10-23-50)39(18-9-11-24-51)45(46(40)48)41-29-37(20-22-43(41)55-48)54-36-17-12-13-32(26-36)31-52/h5-7,12-15,17,19-22,26-29,31,35,39,44-46,50-51H,1,8-11,16,18,23-25,30H2,2-4H3/t35-,39+,44-,45+,46+,48+/m0/s1.